The van der Waals surface area contributed by atoms with Crippen molar-refractivity contribution in [2.45, 2.75) is 18.9 Å². The number of aromatic nitrogens is 3. The Morgan fingerprint density at radius 1 is 1.50 bits per heavy atom. The van der Waals surface area contributed by atoms with Crippen LogP contribution >= 0.6 is 0 Å². The third-order valence-corrected chi connectivity index (χ3v) is 3.26. The standard InChI is InChI=1S/C13H13N3O2/c17-13(18)11-5-10(11)12-2-1-9(6-15-12)7-16-4-3-14-8-16/h1-4,6,8,10-11H,5,7H2,(H,17,18)/t10-,11-/m1/s1. The second-order valence-corrected chi connectivity index (χ2v) is 4.61. The molecule has 5 heteroatoms. The van der Waals surface area contributed by atoms with Gasteiger partial charge in [0.2, 0.25) is 0 Å². The molecular weight excluding hydrogens is 230 g/mol. The Labute approximate surface area is 104 Å². The topological polar surface area (TPSA) is 68.0 Å². The number of rotatable bonds is 4. The highest BCUT2D eigenvalue weighted by atomic mass is 16.4. The maximum atomic E-state index is 10.8. The molecule has 0 spiro atoms. The lowest BCUT2D eigenvalue weighted by molar-refractivity contribution is -0.138. The van der Waals surface area contributed by atoms with E-state index in [1.807, 2.05) is 29.1 Å². The van der Waals surface area contributed by atoms with E-state index in [1.54, 1.807) is 12.5 Å². The maximum Gasteiger partial charge on any atom is 0.307 e. The summed E-state index contributed by atoms with van der Waals surface area (Å²) in [5, 5.41) is 8.87. The van der Waals surface area contributed by atoms with Crippen molar-refractivity contribution in [2.75, 3.05) is 0 Å². The summed E-state index contributed by atoms with van der Waals surface area (Å²) in [7, 11) is 0. The fourth-order valence-electron chi connectivity index (χ4n) is 2.13. The summed E-state index contributed by atoms with van der Waals surface area (Å²) >= 11 is 0. The lowest BCUT2D eigenvalue weighted by atomic mass is 10.2. The van der Waals surface area contributed by atoms with Gasteiger partial charge in [0, 0.05) is 36.7 Å². The average molecular weight is 243 g/mol. The van der Waals surface area contributed by atoms with Crippen LogP contribution in [0.4, 0.5) is 0 Å². The molecule has 0 bridgehead atoms. The number of carbonyl (C=O) groups is 1. The van der Waals surface area contributed by atoms with Gasteiger partial charge in [-0.3, -0.25) is 9.78 Å². The van der Waals surface area contributed by atoms with Crippen LogP contribution in [-0.2, 0) is 11.3 Å². The van der Waals surface area contributed by atoms with E-state index in [-0.39, 0.29) is 11.8 Å². The Morgan fingerprint density at radius 3 is 2.94 bits per heavy atom. The molecule has 0 radical (unpaired) electrons. The Kier molecular flexibility index (Phi) is 2.59. The zero-order valence-electron chi connectivity index (χ0n) is 9.73. The van der Waals surface area contributed by atoms with Crippen molar-refractivity contribution in [3.8, 4) is 0 Å². The molecule has 1 saturated carbocycles. The smallest absolute Gasteiger partial charge is 0.307 e. The number of pyridine rings is 1. The van der Waals surface area contributed by atoms with Gasteiger partial charge in [-0.25, -0.2) is 4.98 Å². The minimum absolute atomic E-state index is 0.102. The first-order valence-corrected chi connectivity index (χ1v) is 5.87. The van der Waals surface area contributed by atoms with E-state index < -0.39 is 5.97 Å². The third kappa shape index (κ3) is 2.11. The SMILES string of the molecule is O=C(O)[C@@H]1C[C@H]1c1ccc(Cn2ccnc2)cn1. The molecule has 2 aromatic heterocycles. The normalized spacial score (nSPS) is 21.8. The highest BCUT2D eigenvalue weighted by Crippen LogP contribution is 2.46. The van der Waals surface area contributed by atoms with Gasteiger partial charge in [-0.1, -0.05) is 6.07 Å². The van der Waals surface area contributed by atoms with E-state index in [9.17, 15) is 4.79 Å². The van der Waals surface area contributed by atoms with E-state index in [2.05, 4.69) is 9.97 Å². The van der Waals surface area contributed by atoms with Crippen LogP contribution < -0.4 is 0 Å². The van der Waals surface area contributed by atoms with Crippen molar-refractivity contribution in [1.29, 1.82) is 0 Å². The molecule has 0 aromatic carbocycles. The quantitative estimate of drug-likeness (QED) is 0.883. The molecule has 2 heterocycles. The van der Waals surface area contributed by atoms with Gasteiger partial charge < -0.3 is 9.67 Å². The molecule has 0 saturated heterocycles. The zero-order valence-corrected chi connectivity index (χ0v) is 9.73. The zero-order chi connectivity index (χ0) is 12.5. The van der Waals surface area contributed by atoms with Crippen molar-refractivity contribution >= 4 is 5.97 Å². The van der Waals surface area contributed by atoms with Gasteiger partial charge in [0.1, 0.15) is 0 Å². The summed E-state index contributed by atoms with van der Waals surface area (Å²) in [6.07, 6.45) is 7.92. The Hall–Kier alpha value is -2.17. The lowest BCUT2D eigenvalue weighted by Gasteiger charge is -2.03. The summed E-state index contributed by atoms with van der Waals surface area (Å²) in [5.74, 6) is -0.855. The van der Waals surface area contributed by atoms with Crippen LogP contribution in [-0.4, -0.2) is 25.6 Å². The number of imidazole rings is 1. The van der Waals surface area contributed by atoms with Crippen molar-refractivity contribution < 1.29 is 9.90 Å². The summed E-state index contributed by atoms with van der Waals surface area (Å²) < 4.78 is 1.97. The van der Waals surface area contributed by atoms with E-state index in [0.717, 1.165) is 17.8 Å². The van der Waals surface area contributed by atoms with Crippen LogP contribution in [0.2, 0.25) is 0 Å². The summed E-state index contributed by atoms with van der Waals surface area (Å²) in [5.41, 5.74) is 1.97. The average Bonchev–Trinajstić information content (AvgIpc) is 3.02. The molecule has 2 aromatic rings. The Morgan fingerprint density at radius 2 is 2.39 bits per heavy atom. The van der Waals surface area contributed by atoms with Gasteiger partial charge >= 0.3 is 5.97 Å². The van der Waals surface area contributed by atoms with Crippen molar-refractivity contribution in [3.63, 3.8) is 0 Å². The predicted molar refractivity (Wildman–Crippen MR) is 64.0 cm³/mol. The number of carboxylic acids is 1. The van der Waals surface area contributed by atoms with Gasteiger partial charge in [-0.15, -0.1) is 0 Å². The van der Waals surface area contributed by atoms with E-state index in [1.165, 1.54) is 0 Å². The number of nitrogens with zero attached hydrogens (tertiary/aromatic N) is 3. The minimum Gasteiger partial charge on any atom is -0.481 e. The van der Waals surface area contributed by atoms with E-state index in [0.29, 0.717) is 6.42 Å². The molecule has 0 unspecified atom stereocenters. The molecule has 18 heavy (non-hydrogen) atoms. The first-order valence-electron chi connectivity index (χ1n) is 5.87. The maximum absolute atomic E-state index is 10.8. The fourth-order valence-corrected chi connectivity index (χ4v) is 2.13. The number of aliphatic carboxylic acids is 1. The molecule has 92 valence electrons. The Balaban J connectivity index is 1.68. The molecule has 1 aliphatic rings. The molecule has 5 nitrogen and oxygen atoms in total. The van der Waals surface area contributed by atoms with Crippen LogP contribution in [0, 0.1) is 5.92 Å². The Bertz CT molecular complexity index is 548. The molecule has 3 rings (SSSR count). The highest BCUT2D eigenvalue weighted by molar-refractivity contribution is 5.75. The van der Waals surface area contributed by atoms with Crippen molar-refractivity contribution in [3.05, 3.63) is 48.3 Å². The molecule has 1 N–H and O–H groups in total. The second-order valence-electron chi connectivity index (χ2n) is 4.61. The summed E-state index contributed by atoms with van der Waals surface area (Å²) in [4.78, 5) is 19.1. The van der Waals surface area contributed by atoms with E-state index in [4.69, 9.17) is 5.11 Å². The monoisotopic (exact) mass is 243 g/mol. The van der Waals surface area contributed by atoms with Crippen LogP contribution in [0.1, 0.15) is 23.6 Å². The number of hydrogen-bond acceptors (Lipinski definition) is 3. The third-order valence-electron chi connectivity index (χ3n) is 3.26. The largest absolute Gasteiger partial charge is 0.481 e. The highest BCUT2D eigenvalue weighted by Gasteiger charge is 2.45. The van der Waals surface area contributed by atoms with Gasteiger partial charge in [0.05, 0.1) is 12.2 Å². The van der Waals surface area contributed by atoms with Gasteiger partial charge in [-0.05, 0) is 18.1 Å². The summed E-state index contributed by atoms with van der Waals surface area (Å²) in [6, 6.07) is 3.93. The van der Waals surface area contributed by atoms with Crippen molar-refractivity contribution in [1.82, 2.24) is 14.5 Å². The van der Waals surface area contributed by atoms with Gasteiger partial charge in [0.15, 0.2) is 0 Å². The number of hydrogen-bond donors (Lipinski definition) is 1. The van der Waals surface area contributed by atoms with Gasteiger partial charge in [0.25, 0.3) is 0 Å². The molecular formula is C13H13N3O2. The predicted octanol–water partition coefficient (Wildman–Crippen LogP) is 1.51. The fraction of sp³-hybridized carbons (Fsp3) is 0.308. The molecule has 2 atom stereocenters. The minimum atomic E-state index is -0.718. The molecule has 1 fully saturated rings. The van der Waals surface area contributed by atoms with Crippen LogP contribution in [0.25, 0.3) is 0 Å². The lowest BCUT2D eigenvalue weighted by Crippen LogP contribution is -2.01. The first kappa shape index (κ1) is 11.0. The number of carboxylic acid groups (broad SMARTS) is 1. The molecule has 1 aliphatic carbocycles. The van der Waals surface area contributed by atoms with Gasteiger partial charge in [-0.2, -0.15) is 0 Å². The second kappa shape index (κ2) is 4.25. The van der Waals surface area contributed by atoms with Crippen LogP contribution in [0.15, 0.2) is 37.1 Å². The van der Waals surface area contributed by atoms with E-state index >= 15 is 0 Å². The van der Waals surface area contributed by atoms with Crippen molar-refractivity contribution in [2.24, 2.45) is 5.92 Å². The summed E-state index contributed by atoms with van der Waals surface area (Å²) in [6.45, 7) is 0.736. The van der Waals surface area contributed by atoms with Crippen LogP contribution in [0.3, 0.4) is 0 Å². The molecule has 0 aliphatic heterocycles. The molecule has 0 amide bonds. The first-order chi connectivity index (χ1) is 8.74. The van der Waals surface area contributed by atoms with Crippen LogP contribution in [0.5, 0.6) is 0 Å².